The number of aryl methyl sites for hydroxylation is 2. The summed E-state index contributed by atoms with van der Waals surface area (Å²) in [5.74, 6) is 2.59. The molecule has 2 aromatic heterocycles. The molecule has 4 heterocycles. The molecule has 1 saturated heterocycles. The van der Waals surface area contributed by atoms with Gasteiger partial charge < -0.3 is 19.7 Å². The van der Waals surface area contributed by atoms with E-state index >= 15 is 0 Å². The lowest BCUT2D eigenvalue weighted by Crippen LogP contribution is -2.46. The molecule has 0 spiro atoms. The van der Waals surface area contributed by atoms with Crippen LogP contribution in [0.1, 0.15) is 36.1 Å². The molecule has 1 fully saturated rings. The molecule has 240 valence electrons. The first kappa shape index (κ1) is 31.3. The lowest BCUT2D eigenvalue weighted by Gasteiger charge is -2.36. The number of carbonyl (C=O) groups is 1. The van der Waals surface area contributed by atoms with Crippen molar-refractivity contribution in [2.45, 2.75) is 46.9 Å². The highest BCUT2D eigenvalue weighted by molar-refractivity contribution is 6.10. The molecule has 2 aliphatic heterocycles. The Kier molecular flexibility index (Phi) is 9.05. The van der Waals surface area contributed by atoms with E-state index in [1.165, 1.54) is 5.56 Å². The van der Waals surface area contributed by atoms with Gasteiger partial charge in [0.15, 0.2) is 5.82 Å². The Bertz CT molecular complexity index is 1680. The van der Waals surface area contributed by atoms with Crippen LogP contribution < -0.4 is 24.6 Å². The van der Waals surface area contributed by atoms with E-state index in [9.17, 15) is 4.79 Å². The van der Waals surface area contributed by atoms with E-state index in [4.69, 9.17) is 14.5 Å². The predicted molar refractivity (Wildman–Crippen MR) is 181 cm³/mol. The van der Waals surface area contributed by atoms with Gasteiger partial charge in [-0.1, -0.05) is 24.3 Å². The van der Waals surface area contributed by atoms with Crippen molar-refractivity contribution in [2.75, 3.05) is 55.5 Å². The van der Waals surface area contributed by atoms with Gasteiger partial charge in [-0.25, -0.2) is 19.7 Å². The molecule has 2 aromatic carbocycles. The number of fused-ring (bicyclic) bond motifs is 1. The number of benzene rings is 2. The zero-order valence-corrected chi connectivity index (χ0v) is 27.4. The molecule has 4 aromatic rings. The fourth-order valence-electron chi connectivity index (χ4n) is 5.95. The van der Waals surface area contributed by atoms with Gasteiger partial charge in [-0.3, -0.25) is 9.80 Å². The zero-order chi connectivity index (χ0) is 32.4. The number of likely N-dealkylation sites (N-methyl/N-ethyl adjacent to an activating group) is 1. The Hall–Kier alpha value is -4.74. The lowest BCUT2D eigenvalue weighted by molar-refractivity contribution is 0.148. The Labute approximate surface area is 270 Å². The van der Waals surface area contributed by atoms with Crippen LogP contribution in [0.15, 0.2) is 60.9 Å². The first-order chi connectivity index (χ1) is 22.2. The minimum Gasteiger partial charge on any atom is -0.495 e. The third kappa shape index (κ3) is 6.61. The van der Waals surface area contributed by atoms with Gasteiger partial charge in [-0.2, -0.15) is 4.98 Å². The van der Waals surface area contributed by atoms with Gasteiger partial charge in [0.25, 0.3) is 0 Å². The van der Waals surface area contributed by atoms with E-state index in [0.29, 0.717) is 29.9 Å². The Morgan fingerprint density at radius 2 is 1.72 bits per heavy atom. The number of nitrogens with one attached hydrogen (secondary N) is 1. The van der Waals surface area contributed by atoms with Crippen LogP contribution in [0.2, 0.25) is 0 Å². The number of hydrogen-bond acceptors (Lipinski definition) is 9. The average Bonchev–Trinajstić information content (AvgIpc) is 3.03. The highest BCUT2D eigenvalue weighted by Gasteiger charge is 2.36. The number of pyridine rings is 1. The number of urea groups is 1. The smallest absolute Gasteiger partial charge is 0.336 e. The van der Waals surface area contributed by atoms with Crippen LogP contribution in [-0.2, 0) is 13.1 Å². The van der Waals surface area contributed by atoms with E-state index in [1.54, 1.807) is 41.4 Å². The summed E-state index contributed by atoms with van der Waals surface area (Å²) in [5, 5.41) is 3.37. The van der Waals surface area contributed by atoms with Crippen molar-refractivity contribution in [3.63, 3.8) is 0 Å². The number of para-hydroxylation sites is 1. The maximum atomic E-state index is 14.3. The topological polar surface area (TPSA) is 99.2 Å². The van der Waals surface area contributed by atoms with Gasteiger partial charge in [0.2, 0.25) is 5.95 Å². The SMILES string of the molecule is COc1ccc(N2C(=O)N(c3c(C)cccc3C)Cc3cnc(Nc4ccc(CN5CCN(C)CC5)cc4OC(C)C)nc32)nc1. The maximum absolute atomic E-state index is 14.3. The third-order valence-electron chi connectivity index (χ3n) is 8.36. The molecule has 1 N–H and O–H groups in total. The molecular formula is C35H42N8O3. The van der Waals surface area contributed by atoms with E-state index in [2.05, 4.69) is 44.3 Å². The fourth-order valence-corrected chi connectivity index (χ4v) is 5.95. The molecule has 0 saturated carbocycles. The molecular weight excluding hydrogens is 580 g/mol. The van der Waals surface area contributed by atoms with Crippen molar-refractivity contribution >= 4 is 35.0 Å². The van der Waals surface area contributed by atoms with Crippen molar-refractivity contribution in [2.24, 2.45) is 0 Å². The summed E-state index contributed by atoms with van der Waals surface area (Å²) < 4.78 is 11.6. The van der Waals surface area contributed by atoms with Gasteiger partial charge in [0, 0.05) is 44.5 Å². The number of piperazine rings is 1. The number of nitrogens with zero attached hydrogens (tertiary/aromatic N) is 7. The second kappa shape index (κ2) is 13.3. The Morgan fingerprint density at radius 3 is 2.39 bits per heavy atom. The Balaban J connectivity index is 1.34. The molecule has 11 heteroatoms. The van der Waals surface area contributed by atoms with E-state index < -0.39 is 0 Å². The minimum absolute atomic E-state index is 0.0194. The van der Waals surface area contributed by atoms with Crippen LogP contribution in [0.4, 0.5) is 33.8 Å². The highest BCUT2D eigenvalue weighted by Crippen LogP contribution is 2.38. The van der Waals surface area contributed by atoms with Crippen molar-refractivity contribution < 1.29 is 14.3 Å². The molecule has 0 atom stereocenters. The van der Waals surface area contributed by atoms with Crippen LogP contribution in [0.5, 0.6) is 11.5 Å². The molecule has 6 rings (SSSR count). The van der Waals surface area contributed by atoms with E-state index in [0.717, 1.165) is 66.5 Å². The summed E-state index contributed by atoms with van der Waals surface area (Å²) in [5.41, 5.74) is 5.62. The summed E-state index contributed by atoms with van der Waals surface area (Å²) in [7, 11) is 3.75. The third-order valence-corrected chi connectivity index (χ3v) is 8.36. The first-order valence-electron chi connectivity index (χ1n) is 15.7. The Morgan fingerprint density at radius 1 is 0.957 bits per heavy atom. The molecule has 0 aliphatic carbocycles. The average molecular weight is 623 g/mol. The van der Waals surface area contributed by atoms with E-state index in [1.807, 2.05) is 52.0 Å². The largest absolute Gasteiger partial charge is 0.495 e. The fraction of sp³-hybridized carbons (Fsp3) is 0.371. The number of hydrogen-bond donors (Lipinski definition) is 1. The molecule has 2 amide bonds. The summed E-state index contributed by atoms with van der Waals surface area (Å²) in [6.45, 7) is 13.5. The molecule has 2 aliphatic rings. The van der Waals surface area contributed by atoms with Crippen molar-refractivity contribution in [3.8, 4) is 11.5 Å². The van der Waals surface area contributed by atoms with Gasteiger partial charge >= 0.3 is 6.03 Å². The van der Waals surface area contributed by atoms with Gasteiger partial charge in [0.05, 0.1) is 37.3 Å². The predicted octanol–water partition coefficient (Wildman–Crippen LogP) is 6.05. The first-order valence-corrected chi connectivity index (χ1v) is 15.7. The maximum Gasteiger partial charge on any atom is 0.336 e. The van der Waals surface area contributed by atoms with Gasteiger partial charge in [0.1, 0.15) is 17.3 Å². The number of ether oxygens (including phenoxy) is 2. The number of anilines is 5. The lowest BCUT2D eigenvalue weighted by atomic mass is 10.1. The van der Waals surface area contributed by atoms with Gasteiger partial charge in [-0.15, -0.1) is 0 Å². The summed E-state index contributed by atoms with van der Waals surface area (Å²) >= 11 is 0. The number of amides is 2. The monoisotopic (exact) mass is 622 g/mol. The molecule has 0 unspecified atom stereocenters. The summed E-state index contributed by atoms with van der Waals surface area (Å²) in [6.07, 6.45) is 3.35. The van der Waals surface area contributed by atoms with Crippen molar-refractivity contribution in [1.29, 1.82) is 0 Å². The van der Waals surface area contributed by atoms with Crippen molar-refractivity contribution in [3.05, 3.63) is 83.2 Å². The van der Waals surface area contributed by atoms with Crippen LogP contribution in [0.3, 0.4) is 0 Å². The number of carbonyl (C=O) groups excluding carboxylic acids is 1. The van der Waals surface area contributed by atoms with E-state index in [-0.39, 0.29) is 12.1 Å². The van der Waals surface area contributed by atoms with Crippen LogP contribution in [0.25, 0.3) is 0 Å². The number of rotatable bonds is 9. The molecule has 0 radical (unpaired) electrons. The van der Waals surface area contributed by atoms with Crippen molar-refractivity contribution in [1.82, 2.24) is 24.8 Å². The van der Waals surface area contributed by atoms with Crippen LogP contribution in [-0.4, -0.2) is 77.2 Å². The minimum atomic E-state index is -0.246. The summed E-state index contributed by atoms with van der Waals surface area (Å²) in [4.78, 5) is 36.6. The second-order valence-corrected chi connectivity index (χ2v) is 12.2. The second-order valence-electron chi connectivity index (χ2n) is 12.2. The molecule has 46 heavy (non-hydrogen) atoms. The number of aromatic nitrogens is 3. The van der Waals surface area contributed by atoms with Crippen LogP contribution in [0, 0.1) is 13.8 Å². The zero-order valence-electron chi connectivity index (χ0n) is 27.4. The number of methoxy groups -OCH3 is 1. The molecule has 11 nitrogen and oxygen atoms in total. The standard InChI is InChI=1S/C35H42N8O3/c1-23(2)46-30-18-26(21-41-16-14-40(5)15-17-41)10-12-29(30)38-34-37-19-27-22-42(32-24(3)8-7-9-25(32)4)35(44)43(33(27)39-34)31-13-11-28(45-6)20-36-31/h7-13,18-20,23H,14-17,21-22H2,1-6H3,(H,37,38,39). The molecule has 0 bridgehead atoms. The highest BCUT2D eigenvalue weighted by atomic mass is 16.5. The summed E-state index contributed by atoms with van der Waals surface area (Å²) in [6, 6.07) is 15.5. The van der Waals surface area contributed by atoms with Gasteiger partial charge in [-0.05, 0) is 75.7 Å². The van der Waals surface area contributed by atoms with Crippen LogP contribution >= 0.6 is 0 Å². The quantitative estimate of drug-likeness (QED) is 0.239. The normalized spacial score (nSPS) is 15.7.